The molecule has 0 aliphatic heterocycles. The van der Waals surface area contributed by atoms with Crippen LogP contribution in [0.25, 0.3) is 0 Å². The van der Waals surface area contributed by atoms with Gasteiger partial charge >= 0.3 is 0 Å². The molecule has 1 N–H and O–H groups in total. The summed E-state index contributed by atoms with van der Waals surface area (Å²) in [6.45, 7) is 9.73. The Morgan fingerprint density at radius 3 is 1.46 bits per heavy atom. The average Bonchev–Trinajstić information content (AvgIpc) is 2.71. The summed E-state index contributed by atoms with van der Waals surface area (Å²) in [5, 5.41) is 8.29. The van der Waals surface area contributed by atoms with Crippen molar-refractivity contribution in [1.82, 2.24) is 10.6 Å². The molecule has 0 unspecified atom stereocenters. The normalized spacial score (nSPS) is 11.8. The summed E-state index contributed by atoms with van der Waals surface area (Å²) in [6, 6.07) is 0. The largest absolute Gasteiger partial charge is 0.355 e. The van der Waals surface area contributed by atoms with Gasteiger partial charge in [0.2, 0.25) is 5.96 Å². The fraction of sp³-hybridized carbons (Fsp3) is 0.960. The van der Waals surface area contributed by atoms with Crippen LogP contribution in [-0.4, -0.2) is 25.6 Å². The molecule has 0 aliphatic carbocycles. The van der Waals surface area contributed by atoms with Crippen LogP contribution < -0.4 is 10.6 Å². The van der Waals surface area contributed by atoms with Crippen molar-refractivity contribution in [2.24, 2.45) is 4.99 Å². The topological polar surface area (TPSA) is 38.5 Å². The van der Waals surface area contributed by atoms with E-state index in [0.717, 1.165) is 25.6 Å². The molecular formula is C25H52N3. The Morgan fingerprint density at radius 2 is 0.929 bits per heavy atom. The number of hydrogen-bond acceptors (Lipinski definition) is 1. The van der Waals surface area contributed by atoms with Crippen molar-refractivity contribution in [3.8, 4) is 0 Å². The summed E-state index contributed by atoms with van der Waals surface area (Å²) in [7, 11) is 0. The minimum absolute atomic E-state index is 0.927. The first-order valence-electron chi connectivity index (χ1n) is 12.8. The molecule has 0 spiro atoms. The van der Waals surface area contributed by atoms with Crippen molar-refractivity contribution in [2.75, 3.05) is 19.6 Å². The van der Waals surface area contributed by atoms with E-state index in [1.165, 1.54) is 116 Å². The van der Waals surface area contributed by atoms with E-state index in [2.05, 4.69) is 26.1 Å². The molecule has 0 saturated heterocycles. The maximum absolute atomic E-state index is 4.77. The van der Waals surface area contributed by atoms with Gasteiger partial charge < -0.3 is 5.32 Å². The second-order valence-electron chi connectivity index (χ2n) is 8.32. The molecule has 0 saturated carbocycles. The molecule has 0 rings (SSSR count). The number of guanidine groups is 1. The summed E-state index contributed by atoms with van der Waals surface area (Å²) in [4.78, 5) is 4.77. The molecule has 0 aliphatic rings. The van der Waals surface area contributed by atoms with Gasteiger partial charge in [-0.05, 0) is 19.3 Å². The summed E-state index contributed by atoms with van der Waals surface area (Å²) >= 11 is 0. The zero-order chi connectivity index (χ0) is 20.5. The first-order chi connectivity index (χ1) is 13.8. The Kier molecular flexibility index (Phi) is 23.7. The molecule has 0 fully saturated rings. The van der Waals surface area contributed by atoms with Gasteiger partial charge in [0.15, 0.2) is 0 Å². The van der Waals surface area contributed by atoms with Crippen molar-refractivity contribution in [3.63, 3.8) is 0 Å². The van der Waals surface area contributed by atoms with E-state index in [1.54, 1.807) is 0 Å². The van der Waals surface area contributed by atoms with Gasteiger partial charge in [-0.15, -0.1) is 0 Å². The molecule has 28 heavy (non-hydrogen) atoms. The van der Waals surface area contributed by atoms with E-state index < -0.39 is 0 Å². The summed E-state index contributed by atoms with van der Waals surface area (Å²) in [6.07, 6.45) is 23.9. The third kappa shape index (κ3) is 21.6. The number of nitrogens with one attached hydrogen (secondary N) is 1. The lowest BCUT2D eigenvalue weighted by molar-refractivity contribution is 0.586. The van der Waals surface area contributed by atoms with Crippen molar-refractivity contribution in [3.05, 3.63) is 0 Å². The standard InChI is InChI=1S/C25H52N3/c1-4-7-10-13-16-19-22-26-25(27-23-20-17-14-11-8-5-2)28-24-21-18-15-12-9-6-3/h4-24H2,1-3H3,(H,26,27). The summed E-state index contributed by atoms with van der Waals surface area (Å²) in [5.74, 6) is 0.927. The van der Waals surface area contributed by atoms with E-state index in [9.17, 15) is 0 Å². The van der Waals surface area contributed by atoms with E-state index >= 15 is 0 Å². The van der Waals surface area contributed by atoms with Gasteiger partial charge in [-0.3, -0.25) is 10.3 Å². The first kappa shape index (κ1) is 27.3. The number of rotatable bonds is 21. The van der Waals surface area contributed by atoms with Gasteiger partial charge in [-0.2, -0.15) is 0 Å². The first-order valence-corrected chi connectivity index (χ1v) is 12.8. The van der Waals surface area contributed by atoms with Crippen LogP contribution in [-0.2, 0) is 0 Å². The van der Waals surface area contributed by atoms with Gasteiger partial charge in [0.05, 0.1) is 0 Å². The molecule has 0 aromatic carbocycles. The van der Waals surface area contributed by atoms with Crippen LogP contribution in [0.4, 0.5) is 0 Å². The highest BCUT2D eigenvalue weighted by atomic mass is 15.2. The quantitative estimate of drug-likeness (QED) is 0.121. The molecule has 0 aromatic heterocycles. The SMILES string of the molecule is CCCCCCCC[N]C(=NCCCCCCCC)NCCCCCCCC. The Labute approximate surface area is 177 Å². The highest BCUT2D eigenvalue weighted by molar-refractivity contribution is 5.79. The van der Waals surface area contributed by atoms with Gasteiger partial charge in [-0.1, -0.05) is 117 Å². The van der Waals surface area contributed by atoms with Gasteiger partial charge in [0.25, 0.3) is 0 Å². The van der Waals surface area contributed by atoms with Crippen LogP contribution in [0, 0.1) is 0 Å². The van der Waals surface area contributed by atoms with Crippen molar-refractivity contribution in [1.29, 1.82) is 0 Å². The maximum atomic E-state index is 4.77. The van der Waals surface area contributed by atoms with Gasteiger partial charge in [0, 0.05) is 19.6 Å². The number of hydrogen-bond donors (Lipinski definition) is 1. The minimum atomic E-state index is 0.927. The highest BCUT2D eigenvalue weighted by Crippen LogP contribution is 2.06. The van der Waals surface area contributed by atoms with Crippen LogP contribution in [0.3, 0.4) is 0 Å². The number of unbranched alkanes of at least 4 members (excludes halogenated alkanes) is 15. The van der Waals surface area contributed by atoms with Crippen LogP contribution in [0.15, 0.2) is 4.99 Å². The lowest BCUT2D eigenvalue weighted by Crippen LogP contribution is -2.33. The Hall–Kier alpha value is -0.730. The summed E-state index contributed by atoms with van der Waals surface area (Å²) < 4.78 is 0. The van der Waals surface area contributed by atoms with E-state index in [1.807, 2.05) is 0 Å². The van der Waals surface area contributed by atoms with Crippen LogP contribution in [0.1, 0.15) is 136 Å². The van der Waals surface area contributed by atoms with E-state index in [-0.39, 0.29) is 0 Å². The second kappa shape index (κ2) is 24.3. The molecule has 0 heterocycles. The minimum Gasteiger partial charge on any atom is -0.355 e. The maximum Gasteiger partial charge on any atom is 0.213 e. The third-order valence-electron chi connectivity index (χ3n) is 5.36. The molecule has 1 radical (unpaired) electrons. The molecule has 3 nitrogen and oxygen atoms in total. The van der Waals surface area contributed by atoms with Gasteiger partial charge in [-0.25, -0.2) is 0 Å². The van der Waals surface area contributed by atoms with E-state index in [4.69, 9.17) is 10.3 Å². The predicted octanol–water partition coefficient (Wildman–Crippen LogP) is 7.62. The molecule has 0 atom stereocenters. The third-order valence-corrected chi connectivity index (χ3v) is 5.36. The lowest BCUT2D eigenvalue weighted by atomic mass is 10.1. The van der Waals surface area contributed by atoms with Crippen molar-refractivity contribution in [2.45, 2.75) is 136 Å². The van der Waals surface area contributed by atoms with E-state index in [0.29, 0.717) is 0 Å². The van der Waals surface area contributed by atoms with Crippen LogP contribution >= 0.6 is 0 Å². The molecule has 3 heteroatoms. The average molecular weight is 395 g/mol. The lowest BCUT2D eigenvalue weighted by Gasteiger charge is -2.10. The monoisotopic (exact) mass is 394 g/mol. The molecular weight excluding hydrogens is 342 g/mol. The molecule has 0 aromatic rings. The fourth-order valence-electron chi connectivity index (χ4n) is 3.42. The Bertz CT molecular complexity index is 295. The van der Waals surface area contributed by atoms with Crippen molar-refractivity contribution >= 4 is 5.96 Å². The Morgan fingerprint density at radius 1 is 0.500 bits per heavy atom. The fourth-order valence-corrected chi connectivity index (χ4v) is 3.42. The van der Waals surface area contributed by atoms with Crippen LogP contribution in [0.2, 0.25) is 0 Å². The number of aliphatic imine (C=N–C) groups is 1. The number of nitrogens with zero attached hydrogens (tertiary/aromatic N) is 2. The van der Waals surface area contributed by atoms with Gasteiger partial charge in [0.1, 0.15) is 0 Å². The smallest absolute Gasteiger partial charge is 0.213 e. The highest BCUT2D eigenvalue weighted by Gasteiger charge is 2.01. The zero-order valence-electron chi connectivity index (χ0n) is 19.7. The predicted molar refractivity (Wildman–Crippen MR) is 127 cm³/mol. The van der Waals surface area contributed by atoms with Crippen molar-refractivity contribution < 1.29 is 0 Å². The molecule has 0 bridgehead atoms. The molecule has 167 valence electrons. The second-order valence-corrected chi connectivity index (χ2v) is 8.32. The zero-order valence-corrected chi connectivity index (χ0v) is 19.7. The molecule has 0 amide bonds. The van der Waals surface area contributed by atoms with Crippen LogP contribution in [0.5, 0.6) is 0 Å². The Balaban J connectivity index is 3.93. The summed E-state index contributed by atoms with van der Waals surface area (Å²) in [5.41, 5.74) is 0.